The van der Waals surface area contributed by atoms with Crippen molar-refractivity contribution in [3.05, 3.63) is 60.4 Å². The first-order valence-electron chi connectivity index (χ1n) is 11.7. The third-order valence-electron chi connectivity index (χ3n) is 5.22. The number of nitrogens with zero attached hydrogens (tertiary/aromatic N) is 1. The number of aromatic nitrogens is 1. The molecule has 1 N–H and O–H groups in total. The van der Waals surface area contributed by atoms with Crippen LogP contribution < -0.4 is 9.88 Å². The van der Waals surface area contributed by atoms with E-state index in [1.54, 1.807) is 29.1 Å². The molecule has 5 heteroatoms. The second-order valence-electron chi connectivity index (χ2n) is 7.99. The Morgan fingerprint density at radius 3 is 2.16 bits per heavy atom. The van der Waals surface area contributed by atoms with Crippen molar-refractivity contribution in [1.82, 2.24) is 0 Å². The normalized spacial score (nSPS) is 10.6. The number of nitrogens with one attached hydrogen (secondary N) is 1. The van der Waals surface area contributed by atoms with Crippen LogP contribution in [0.4, 0.5) is 5.69 Å². The van der Waals surface area contributed by atoms with Crippen molar-refractivity contribution in [3.8, 4) is 0 Å². The number of carbonyl (C=O) groups excluding carboxylic acids is 2. The average molecular weight is 426 g/mol. The van der Waals surface area contributed by atoms with Crippen molar-refractivity contribution < 1.29 is 18.9 Å². The van der Waals surface area contributed by atoms with Crippen molar-refractivity contribution in [1.29, 1.82) is 0 Å². The van der Waals surface area contributed by atoms with E-state index in [0.29, 0.717) is 12.2 Å². The molecule has 0 aliphatic rings. The Balaban J connectivity index is 1.60. The number of hydrogen-bond acceptors (Lipinski definition) is 3. The van der Waals surface area contributed by atoms with Crippen LogP contribution in [0.25, 0.3) is 0 Å². The predicted molar refractivity (Wildman–Crippen MR) is 124 cm³/mol. The number of ether oxygens (including phenoxy) is 1. The number of esters is 1. The summed E-state index contributed by atoms with van der Waals surface area (Å²) >= 11 is 0. The fourth-order valence-electron chi connectivity index (χ4n) is 3.45. The fraction of sp³-hybridized carbons (Fsp3) is 0.500. The standard InChI is InChI=1S/C26H36N2O3/c1-2-3-4-5-6-7-8-9-10-14-20-31-25(29)22-28-19-15-16-23(21-28)26(30)27-24-17-12-11-13-18-24/h11-13,15-19,21H,2-10,14,20,22H2,1H3/p+1. The van der Waals surface area contributed by atoms with Gasteiger partial charge in [-0.15, -0.1) is 0 Å². The van der Waals surface area contributed by atoms with Crippen molar-refractivity contribution in [3.63, 3.8) is 0 Å². The smallest absolute Gasteiger partial charge is 0.372 e. The van der Waals surface area contributed by atoms with Gasteiger partial charge in [-0.2, -0.15) is 4.57 Å². The third kappa shape index (κ3) is 10.8. The summed E-state index contributed by atoms with van der Waals surface area (Å²) in [6, 6.07) is 12.8. The summed E-state index contributed by atoms with van der Waals surface area (Å²) in [6.07, 6.45) is 16.0. The summed E-state index contributed by atoms with van der Waals surface area (Å²) in [7, 11) is 0. The molecule has 5 nitrogen and oxygen atoms in total. The zero-order valence-corrected chi connectivity index (χ0v) is 18.9. The molecule has 1 amide bonds. The second kappa shape index (κ2) is 15.2. The molecule has 0 saturated carbocycles. The number of unbranched alkanes of at least 4 members (excludes halogenated alkanes) is 9. The zero-order chi connectivity index (χ0) is 22.2. The molecule has 0 atom stereocenters. The molecule has 0 radical (unpaired) electrons. The van der Waals surface area contributed by atoms with E-state index in [1.165, 1.54) is 51.4 Å². The Morgan fingerprint density at radius 1 is 0.839 bits per heavy atom. The molecule has 0 spiro atoms. The summed E-state index contributed by atoms with van der Waals surface area (Å²) in [6.45, 7) is 2.81. The molecule has 168 valence electrons. The van der Waals surface area contributed by atoms with Gasteiger partial charge in [0.25, 0.3) is 5.91 Å². The fourth-order valence-corrected chi connectivity index (χ4v) is 3.45. The monoisotopic (exact) mass is 425 g/mol. The Bertz CT molecular complexity index is 777. The van der Waals surface area contributed by atoms with E-state index >= 15 is 0 Å². The first kappa shape index (κ1) is 24.6. The van der Waals surface area contributed by atoms with Crippen LogP contribution in [-0.4, -0.2) is 18.5 Å². The van der Waals surface area contributed by atoms with Gasteiger partial charge < -0.3 is 10.1 Å². The Kier molecular flexibility index (Phi) is 12.0. The first-order valence-corrected chi connectivity index (χ1v) is 11.7. The number of para-hydroxylation sites is 1. The number of benzene rings is 1. The molecule has 2 rings (SSSR count). The molecule has 0 bridgehead atoms. The lowest BCUT2D eigenvalue weighted by Crippen LogP contribution is -2.39. The van der Waals surface area contributed by atoms with Gasteiger partial charge in [0.1, 0.15) is 5.56 Å². The van der Waals surface area contributed by atoms with Crippen LogP contribution in [0.5, 0.6) is 0 Å². The highest BCUT2D eigenvalue weighted by molar-refractivity contribution is 6.03. The van der Waals surface area contributed by atoms with Crippen LogP contribution in [0.15, 0.2) is 54.9 Å². The molecule has 1 aromatic heterocycles. The van der Waals surface area contributed by atoms with Crippen molar-refractivity contribution in [2.45, 2.75) is 77.7 Å². The Labute approximate surface area is 186 Å². The predicted octanol–water partition coefficient (Wildman–Crippen LogP) is 5.69. The third-order valence-corrected chi connectivity index (χ3v) is 5.22. The van der Waals surface area contributed by atoms with Gasteiger partial charge in [0.05, 0.1) is 6.61 Å². The lowest BCUT2D eigenvalue weighted by molar-refractivity contribution is -0.686. The maximum Gasteiger partial charge on any atom is 0.372 e. The van der Waals surface area contributed by atoms with Gasteiger partial charge >= 0.3 is 5.97 Å². The molecule has 0 aliphatic heterocycles. The van der Waals surface area contributed by atoms with E-state index in [1.807, 2.05) is 30.3 Å². The summed E-state index contributed by atoms with van der Waals surface area (Å²) in [5, 5.41) is 2.85. The quantitative estimate of drug-likeness (QED) is 0.226. The molecular formula is C26H37N2O3+. The lowest BCUT2D eigenvalue weighted by atomic mass is 10.1. The summed E-state index contributed by atoms with van der Waals surface area (Å²) < 4.78 is 7.03. The lowest BCUT2D eigenvalue weighted by Gasteiger charge is -2.05. The van der Waals surface area contributed by atoms with E-state index in [-0.39, 0.29) is 18.4 Å². The molecule has 1 heterocycles. The van der Waals surface area contributed by atoms with Crippen LogP contribution in [0.1, 0.15) is 81.5 Å². The number of pyridine rings is 1. The van der Waals surface area contributed by atoms with Gasteiger partial charge in [0, 0.05) is 11.8 Å². The molecule has 0 unspecified atom stereocenters. The van der Waals surface area contributed by atoms with E-state index in [4.69, 9.17) is 4.74 Å². The van der Waals surface area contributed by atoms with E-state index in [2.05, 4.69) is 12.2 Å². The van der Waals surface area contributed by atoms with E-state index in [9.17, 15) is 9.59 Å². The van der Waals surface area contributed by atoms with Gasteiger partial charge in [0.2, 0.25) is 6.54 Å². The summed E-state index contributed by atoms with van der Waals surface area (Å²) in [4.78, 5) is 24.5. The van der Waals surface area contributed by atoms with Gasteiger partial charge in [-0.1, -0.05) is 82.9 Å². The molecule has 2 aromatic rings. The molecule has 31 heavy (non-hydrogen) atoms. The van der Waals surface area contributed by atoms with Crippen LogP contribution in [0, 0.1) is 0 Å². The molecule has 0 fully saturated rings. The first-order chi connectivity index (χ1) is 15.2. The topological polar surface area (TPSA) is 59.3 Å². The summed E-state index contributed by atoms with van der Waals surface area (Å²) in [5.74, 6) is -0.485. The Hall–Kier alpha value is -2.69. The minimum Gasteiger partial charge on any atom is -0.461 e. The van der Waals surface area contributed by atoms with Crippen LogP contribution in [-0.2, 0) is 16.1 Å². The van der Waals surface area contributed by atoms with Crippen LogP contribution >= 0.6 is 0 Å². The number of hydrogen-bond donors (Lipinski definition) is 1. The van der Waals surface area contributed by atoms with Gasteiger partial charge in [-0.3, -0.25) is 4.79 Å². The SMILES string of the molecule is CCCCCCCCCCCCOC(=O)C[n+]1cccc(C(=O)Nc2ccccc2)c1. The Morgan fingerprint density at radius 2 is 1.48 bits per heavy atom. The van der Waals surface area contributed by atoms with Crippen molar-refractivity contribution in [2.75, 3.05) is 11.9 Å². The minimum absolute atomic E-state index is 0.101. The van der Waals surface area contributed by atoms with Crippen molar-refractivity contribution in [2.24, 2.45) is 0 Å². The number of carbonyl (C=O) groups is 2. The minimum atomic E-state index is -0.276. The second-order valence-corrected chi connectivity index (χ2v) is 7.99. The number of anilines is 1. The average Bonchev–Trinajstić information content (AvgIpc) is 2.78. The van der Waals surface area contributed by atoms with E-state index in [0.717, 1.165) is 18.5 Å². The van der Waals surface area contributed by atoms with Crippen molar-refractivity contribution >= 4 is 17.6 Å². The summed E-state index contributed by atoms with van der Waals surface area (Å²) in [5.41, 5.74) is 1.23. The highest BCUT2D eigenvalue weighted by atomic mass is 16.5. The largest absolute Gasteiger partial charge is 0.461 e. The van der Waals surface area contributed by atoms with Gasteiger partial charge in [-0.05, 0) is 24.6 Å². The molecular weight excluding hydrogens is 388 g/mol. The number of rotatable bonds is 15. The van der Waals surface area contributed by atoms with Gasteiger partial charge in [0.15, 0.2) is 12.4 Å². The maximum absolute atomic E-state index is 12.4. The molecule has 0 saturated heterocycles. The zero-order valence-electron chi connectivity index (χ0n) is 18.9. The number of amides is 1. The molecule has 1 aromatic carbocycles. The maximum atomic E-state index is 12.4. The van der Waals surface area contributed by atoms with Gasteiger partial charge in [-0.25, -0.2) is 4.79 Å². The highest BCUT2D eigenvalue weighted by Crippen LogP contribution is 2.10. The van der Waals surface area contributed by atoms with E-state index < -0.39 is 0 Å². The van der Waals surface area contributed by atoms with Crippen LogP contribution in [0.2, 0.25) is 0 Å². The molecule has 0 aliphatic carbocycles. The van der Waals surface area contributed by atoms with Crippen LogP contribution in [0.3, 0.4) is 0 Å². The highest BCUT2D eigenvalue weighted by Gasteiger charge is 2.14.